The Hall–Kier alpha value is -2.64. The van der Waals surface area contributed by atoms with E-state index in [1.807, 2.05) is 24.3 Å². The van der Waals surface area contributed by atoms with Gasteiger partial charge in [-0.15, -0.1) is 0 Å². The molecule has 0 spiro atoms. The molecule has 3 heterocycles. The van der Waals surface area contributed by atoms with Crippen molar-refractivity contribution in [3.63, 3.8) is 0 Å². The molecular formula is C25H28BrN5O5S. The smallest absolute Gasteiger partial charge is 0.243 e. The first kappa shape index (κ1) is 26.0. The van der Waals surface area contributed by atoms with Gasteiger partial charge in [-0.25, -0.2) is 8.42 Å². The third-order valence-electron chi connectivity index (χ3n) is 6.62. The Bertz CT molecular complexity index is 1320. The molecule has 0 saturated carbocycles. The normalized spacial score (nSPS) is 18.1. The number of likely N-dealkylation sites (tertiary alicyclic amines) is 1. The standard InChI is InChI=1S/C25H28BrN5O5S/c26-20-3-1-18(2-4-20)24-28-23(36-29-24)17-30-11-9-19(10-12-30)25(32)27-21-5-7-22(8-6-21)37(33,34)31-13-15-35-16-14-31/h1-8,19H,9-17H2,(H,27,32). The minimum absolute atomic E-state index is 0.0567. The number of morpholine rings is 1. The van der Waals surface area contributed by atoms with E-state index in [1.165, 1.54) is 16.4 Å². The van der Waals surface area contributed by atoms with E-state index >= 15 is 0 Å². The van der Waals surface area contributed by atoms with Crippen LogP contribution in [0.1, 0.15) is 18.7 Å². The highest BCUT2D eigenvalue weighted by Crippen LogP contribution is 2.24. The van der Waals surface area contributed by atoms with E-state index in [0.29, 0.717) is 63.1 Å². The van der Waals surface area contributed by atoms with E-state index < -0.39 is 10.0 Å². The van der Waals surface area contributed by atoms with Crippen LogP contribution in [0.4, 0.5) is 5.69 Å². The topological polar surface area (TPSA) is 118 Å². The second-order valence-electron chi connectivity index (χ2n) is 9.10. The van der Waals surface area contributed by atoms with Crippen LogP contribution in [0.3, 0.4) is 0 Å². The highest BCUT2D eigenvalue weighted by Gasteiger charge is 2.28. The SMILES string of the molecule is O=C(Nc1ccc(S(=O)(=O)N2CCOCC2)cc1)C1CCN(Cc2nc(-c3ccc(Br)cc3)no2)CC1. The van der Waals surface area contributed by atoms with Gasteiger partial charge in [0, 0.05) is 34.7 Å². The monoisotopic (exact) mass is 589 g/mol. The zero-order valence-electron chi connectivity index (χ0n) is 20.2. The number of halogens is 1. The largest absolute Gasteiger partial charge is 0.379 e. The molecule has 37 heavy (non-hydrogen) atoms. The Balaban J connectivity index is 1.11. The molecule has 1 aromatic heterocycles. The molecule has 2 aliphatic heterocycles. The van der Waals surface area contributed by atoms with Crippen LogP contribution in [0.25, 0.3) is 11.4 Å². The number of amides is 1. The van der Waals surface area contributed by atoms with Crippen molar-refractivity contribution in [3.8, 4) is 11.4 Å². The van der Waals surface area contributed by atoms with Gasteiger partial charge < -0.3 is 14.6 Å². The van der Waals surface area contributed by atoms with E-state index in [0.717, 1.165) is 23.1 Å². The number of anilines is 1. The van der Waals surface area contributed by atoms with Crippen molar-refractivity contribution in [2.24, 2.45) is 5.92 Å². The molecule has 0 unspecified atom stereocenters. The van der Waals surface area contributed by atoms with Gasteiger partial charge in [-0.3, -0.25) is 9.69 Å². The van der Waals surface area contributed by atoms with Crippen LogP contribution in [0.15, 0.2) is 62.4 Å². The maximum atomic E-state index is 12.8. The number of benzene rings is 2. The predicted molar refractivity (Wildman–Crippen MR) is 140 cm³/mol. The number of nitrogens with zero attached hydrogens (tertiary/aromatic N) is 4. The summed E-state index contributed by atoms with van der Waals surface area (Å²) in [5.74, 6) is 0.932. The number of nitrogens with one attached hydrogen (secondary N) is 1. The van der Waals surface area contributed by atoms with E-state index in [4.69, 9.17) is 9.26 Å². The van der Waals surface area contributed by atoms with Crippen LogP contribution in [0, 0.1) is 5.92 Å². The predicted octanol–water partition coefficient (Wildman–Crippen LogP) is 3.37. The Labute approximate surface area is 224 Å². The molecule has 10 nitrogen and oxygen atoms in total. The fourth-order valence-electron chi connectivity index (χ4n) is 4.47. The molecule has 2 fully saturated rings. The number of aromatic nitrogens is 2. The molecule has 3 aromatic rings. The van der Waals surface area contributed by atoms with E-state index in [-0.39, 0.29) is 16.7 Å². The third kappa shape index (κ3) is 6.27. The average molecular weight is 590 g/mol. The second kappa shape index (κ2) is 11.4. The van der Waals surface area contributed by atoms with Crippen LogP contribution in [0.5, 0.6) is 0 Å². The molecule has 1 amide bonds. The Morgan fingerprint density at radius 1 is 1.00 bits per heavy atom. The molecule has 0 bridgehead atoms. The van der Waals surface area contributed by atoms with Gasteiger partial charge >= 0.3 is 0 Å². The van der Waals surface area contributed by atoms with Gasteiger partial charge in [0.25, 0.3) is 0 Å². The fourth-order valence-corrected chi connectivity index (χ4v) is 6.14. The van der Waals surface area contributed by atoms with E-state index in [9.17, 15) is 13.2 Å². The first-order valence-corrected chi connectivity index (χ1v) is 14.4. The zero-order valence-corrected chi connectivity index (χ0v) is 22.6. The Morgan fingerprint density at radius 2 is 1.68 bits per heavy atom. The van der Waals surface area contributed by atoms with Crippen LogP contribution in [-0.2, 0) is 26.1 Å². The summed E-state index contributed by atoms with van der Waals surface area (Å²) < 4.78 is 38.6. The zero-order chi connectivity index (χ0) is 25.8. The second-order valence-corrected chi connectivity index (χ2v) is 12.0. The maximum Gasteiger partial charge on any atom is 0.243 e. The molecule has 5 rings (SSSR count). The molecule has 0 aliphatic carbocycles. The first-order chi connectivity index (χ1) is 17.9. The van der Waals surface area contributed by atoms with Crippen molar-refractivity contribution < 1.29 is 22.5 Å². The number of piperidine rings is 1. The highest BCUT2D eigenvalue weighted by molar-refractivity contribution is 9.10. The van der Waals surface area contributed by atoms with Crippen molar-refractivity contribution in [3.05, 3.63) is 58.9 Å². The van der Waals surface area contributed by atoms with E-state index in [1.54, 1.807) is 12.1 Å². The van der Waals surface area contributed by atoms with Crippen LogP contribution in [0.2, 0.25) is 0 Å². The van der Waals surface area contributed by atoms with Crippen molar-refractivity contribution in [2.75, 3.05) is 44.7 Å². The number of sulfonamides is 1. The summed E-state index contributed by atoms with van der Waals surface area (Å²) in [6, 6.07) is 14.1. The summed E-state index contributed by atoms with van der Waals surface area (Å²) >= 11 is 3.42. The highest BCUT2D eigenvalue weighted by atomic mass is 79.9. The van der Waals surface area contributed by atoms with Gasteiger partial charge in [0.2, 0.25) is 27.6 Å². The first-order valence-electron chi connectivity index (χ1n) is 12.2. The lowest BCUT2D eigenvalue weighted by molar-refractivity contribution is -0.121. The van der Waals surface area contributed by atoms with Crippen LogP contribution < -0.4 is 5.32 Å². The maximum absolute atomic E-state index is 12.8. The lowest BCUT2D eigenvalue weighted by Gasteiger charge is -2.30. The van der Waals surface area contributed by atoms with E-state index in [2.05, 4.69) is 36.3 Å². The molecule has 0 radical (unpaired) electrons. The van der Waals surface area contributed by atoms with Gasteiger partial charge in [0.05, 0.1) is 24.7 Å². The molecule has 12 heteroatoms. The Kier molecular flexibility index (Phi) is 8.01. The summed E-state index contributed by atoms with van der Waals surface area (Å²) in [4.78, 5) is 19.7. The summed E-state index contributed by atoms with van der Waals surface area (Å²) in [7, 11) is -3.56. The number of ether oxygens (including phenoxy) is 1. The van der Waals surface area contributed by atoms with Gasteiger partial charge in [0.15, 0.2) is 0 Å². The summed E-state index contributed by atoms with van der Waals surface area (Å²) in [6.45, 7) is 3.51. The molecule has 2 aromatic carbocycles. The molecule has 196 valence electrons. The summed E-state index contributed by atoms with van der Waals surface area (Å²) in [5.41, 5.74) is 1.47. The van der Waals surface area contributed by atoms with Gasteiger partial charge in [-0.2, -0.15) is 9.29 Å². The molecule has 0 atom stereocenters. The number of hydrogen-bond acceptors (Lipinski definition) is 8. The Morgan fingerprint density at radius 3 is 2.35 bits per heavy atom. The van der Waals surface area contributed by atoms with Crippen LogP contribution >= 0.6 is 15.9 Å². The minimum atomic E-state index is -3.56. The summed E-state index contributed by atoms with van der Waals surface area (Å²) in [5, 5.41) is 7.01. The minimum Gasteiger partial charge on any atom is -0.379 e. The third-order valence-corrected chi connectivity index (χ3v) is 9.06. The van der Waals surface area contributed by atoms with Crippen molar-refractivity contribution in [1.29, 1.82) is 0 Å². The average Bonchev–Trinajstić information content (AvgIpc) is 3.39. The van der Waals surface area contributed by atoms with Crippen molar-refractivity contribution in [2.45, 2.75) is 24.3 Å². The molecular weight excluding hydrogens is 562 g/mol. The fraction of sp³-hybridized carbons (Fsp3) is 0.400. The quantitative estimate of drug-likeness (QED) is 0.445. The lowest BCUT2D eigenvalue weighted by atomic mass is 9.96. The number of rotatable bonds is 7. The molecule has 2 aliphatic rings. The number of carbonyl (C=O) groups excluding carboxylic acids is 1. The lowest BCUT2D eigenvalue weighted by Crippen LogP contribution is -2.40. The molecule has 1 N–H and O–H groups in total. The van der Waals surface area contributed by atoms with Gasteiger partial charge in [0.1, 0.15) is 0 Å². The van der Waals surface area contributed by atoms with Gasteiger partial charge in [-0.1, -0.05) is 21.1 Å². The van der Waals surface area contributed by atoms with Crippen LogP contribution in [-0.4, -0.2) is 73.1 Å². The number of hydrogen-bond donors (Lipinski definition) is 1. The number of carbonyl (C=O) groups is 1. The summed E-state index contributed by atoms with van der Waals surface area (Å²) in [6.07, 6.45) is 1.42. The van der Waals surface area contributed by atoms with Crippen molar-refractivity contribution >= 4 is 37.5 Å². The molecule has 2 saturated heterocycles. The van der Waals surface area contributed by atoms with Crippen molar-refractivity contribution in [1.82, 2.24) is 19.3 Å². The van der Waals surface area contributed by atoms with Gasteiger partial charge in [-0.05, 0) is 74.5 Å².